The minimum absolute atomic E-state index is 0.0404. The average Bonchev–Trinajstić information content (AvgIpc) is 3.51. The first-order valence-electron chi connectivity index (χ1n) is 16.1. The molecule has 5 rings (SSSR count). The Bertz CT molecular complexity index is 1810. The van der Waals surface area contributed by atoms with E-state index in [1.54, 1.807) is 30.3 Å². The van der Waals surface area contributed by atoms with E-state index in [0.29, 0.717) is 55.2 Å². The quantitative estimate of drug-likeness (QED) is 0.131. The van der Waals surface area contributed by atoms with Crippen molar-refractivity contribution in [3.05, 3.63) is 90.3 Å². The van der Waals surface area contributed by atoms with Crippen molar-refractivity contribution in [1.82, 2.24) is 14.8 Å². The Morgan fingerprint density at radius 3 is 2.56 bits per heavy atom. The Labute approximate surface area is 281 Å². The first-order valence-corrected chi connectivity index (χ1v) is 16.1. The van der Waals surface area contributed by atoms with Crippen LogP contribution in [0.3, 0.4) is 0 Å². The molecule has 3 amide bonds. The number of anilines is 3. The summed E-state index contributed by atoms with van der Waals surface area (Å²) >= 11 is 0. The van der Waals surface area contributed by atoms with Gasteiger partial charge in [-0.3, -0.25) is 10.1 Å². The van der Waals surface area contributed by atoms with Gasteiger partial charge in [-0.1, -0.05) is 58.0 Å². The molecule has 0 saturated carbocycles. The summed E-state index contributed by atoms with van der Waals surface area (Å²) in [4.78, 5) is 29.7. The third-order valence-electron chi connectivity index (χ3n) is 7.97. The largest absolute Gasteiger partial charge is 0.493 e. The summed E-state index contributed by atoms with van der Waals surface area (Å²) in [6, 6.07) is 16.6. The van der Waals surface area contributed by atoms with E-state index in [0.717, 1.165) is 28.5 Å². The van der Waals surface area contributed by atoms with Gasteiger partial charge in [0.2, 0.25) is 0 Å². The average molecular weight is 653 g/mol. The Morgan fingerprint density at radius 2 is 1.77 bits per heavy atom. The van der Waals surface area contributed by atoms with Crippen LogP contribution in [0.5, 0.6) is 5.75 Å². The summed E-state index contributed by atoms with van der Waals surface area (Å²) in [5.74, 6) is 1.90. The molecular formula is C37H44N6O5. The number of amides is 3. The van der Waals surface area contributed by atoms with Crippen molar-refractivity contribution in [3.63, 3.8) is 0 Å². The van der Waals surface area contributed by atoms with Gasteiger partial charge in [-0.15, -0.1) is 0 Å². The Balaban J connectivity index is 1.22. The summed E-state index contributed by atoms with van der Waals surface area (Å²) in [6.45, 7) is 9.92. The smallest absolute Gasteiger partial charge is 0.324 e. The Hall–Kier alpha value is -5.00. The third kappa shape index (κ3) is 8.87. The highest BCUT2D eigenvalue weighted by atomic mass is 16.5. The van der Waals surface area contributed by atoms with Gasteiger partial charge in [0.1, 0.15) is 24.0 Å². The van der Waals surface area contributed by atoms with Gasteiger partial charge in [0.15, 0.2) is 0 Å². The maximum Gasteiger partial charge on any atom is 0.324 e. The summed E-state index contributed by atoms with van der Waals surface area (Å²) in [5, 5.41) is 15.0. The van der Waals surface area contributed by atoms with Crippen LogP contribution < -0.4 is 20.7 Å². The van der Waals surface area contributed by atoms with Crippen LogP contribution in [0.15, 0.2) is 84.7 Å². The zero-order valence-electron chi connectivity index (χ0n) is 28.2. The second kappa shape index (κ2) is 15.7. The molecule has 1 unspecified atom stereocenters. The number of nitrogens with one attached hydrogen (secondary N) is 3. The molecule has 0 radical (unpaired) electrons. The number of hydrogen-bond acceptors (Lipinski definition) is 7. The normalized spacial score (nSPS) is 14.6. The number of benzene rings is 2. The maximum absolute atomic E-state index is 13.3. The van der Waals surface area contributed by atoms with Crippen LogP contribution in [-0.4, -0.2) is 60.2 Å². The number of carbonyl (C=O) groups excluding carboxylic acids is 2. The summed E-state index contributed by atoms with van der Waals surface area (Å²) in [5.41, 5.74) is 3.86. The van der Waals surface area contributed by atoms with E-state index >= 15 is 0 Å². The molecule has 0 spiro atoms. The predicted octanol–water partition coefficient (Wildman–Crippen LogP) is 7.15. The molecule has 48 heavy (non-hydrogen) atoms. The lowest BCUT2D eigenvalue weighted by molar-refractivity contribution is -0.121. The van der Waals surface area contributed by atoms with Crippen LogP contribution in [0, 0.1) is 11.3 Å². The molecule has 2 aromatic heterocycles. The van der Waals surface area contributed by atoms with Gasteiger partial charge in [-0.25, -0.2) is 14.5 Å². The van der Waals surface area contributed by atoms with Crippen LogP contribution in [0.2, 0.25) is 0 Å². The molecule has 0 saturated heterocycles. The number of nitrogens with zero attached hydrogens (tertiary/aromatic N) is 3. The van der Waals surface area contributed by atoms with Crippen molar-refractivity contribution < 1.29 is 23.8 Å². The van der Waals surface area contributed by atoms with Crippen LogP contribution in [0.25, 0.3) is 16.5 Å². The number of carbonyl (C=O) groups is 2. The fraction of sp³-hybridized carbons (Fsp3) is 0.351. The first-order chi connectivity index (χ1) is 23.1. The number of allylic oxidation sites excluding steroid dienone is 4. The van der Waals surface area contributed by atoms with E-state index in [1.165, 1.54) is 5.57 Å². The van der Waals surface area contributed by atoms with Gasteiger partial charge in [0, 0.05) is 36.6 Å². The molecular weight excluding hydrogens is 608 g/mol. The standard InChI is InChI=1S/C37H44N6O5/c1-25-10-12-31(29(22-25)37(2,3)4)43-34(15-18-39-43)42-36(45)40-30-11-13-32(28-9-7-6-8-27(28)30)48-19-16-26-14-17-38-33(23-26)41-35(44)24-47-21-20-46-5/h6-15,17-18,23,25H,16,19-22,24H2,1-5H3,(H,38,41,44)(H2,40,42,45). The van der Waals surface area contributed by atoms with Crippen molar-refractivity contribution in [2.75, 3.05) is 49.5 Å². The SMILES string of the molecule is COCCOCC(=O)Nc1cc(CCOc2ccc(NC(=O)Nc3ccnn3C3=C(C(C)(C)C)CC(C)C=C3)c3ccccc23)ccn1. The van der Waals surface area contributed by atoms with Gasteiger partial charge in [0.05, 0.1) is 37.4 Å². The molecule has 2 heterocycles. The number of methoxy groups -OCH3 is 1. The number of urea groups is 1. The van der Waals surface area contributed by atoms with E-state index in [9.17, 15) is 9.59 Å². The molecule has 4 aromatic rings. The molecule has 3 N–H and O–H groups in total. The van der Waals surface area contributed by atoms with E-state index in [2.05, 4.69) is 65.9 Å². The summed E-state index contributed by atoms with van der Waals surface area (Å²) < 4.78 is 18.2. The molecule has 0 aliphatic heterocycles. The minimum Gasteiger partial charge on any atom is -0.493 e. The number of fused-ring (bicyclic) bond motifs is 1. The topological polar surface area (TPSA) is 129 Å². The zero-order valence-corrected chi connectivity index (χ0v) is 28.2. The minimum atomic E-state index is -0.372. The zero-order chi connectivity index (χ0) is 34.1. The number of ether oxygens (including phenoxy) is 3. The highest BCUT2D eigenvalue weighted by molar-refractivity contribution is 6.07. The summed E-state index contributed by atoms with van der Waals surface area (Å²) in [7, 11) is 1.58. The van der Waals surface area contributed by atoms with Crippen molar-refractivity contribution in [1.29, 1.82) is 0 Å². The highest BCUT2D eigenvalue weighted by Crippen LogP contribution is 2.39. The lowest BCUT2D eigenvalue weighted by Crippen LogP contribution is -2.23. The fourth-order valence-electron chi connectivity index (χ4n) is 5.57. The van der Waals surface area contributed by atoms with Crippen LogP contribution in [0.4, 0.5) is 22.1 Å². The Kier molecular flexibility index (Phi) is 11.3. The van der Waals surface area contributed by atoms with Crippen molar-refractivity contribution in [3.8, 4) is 5.75 Å². The van der Waals surface area contributed by atoms with Gasteiger partial charge in [0.25, 0.3) is 5.91 Å². The number of hydrogen-bond donors (Lipinski definition) is 3. The number of rotatable bonds is 13. The number of pyridine rings is 1. The first kappa shape index (κ1) is 34.3. The molecule has 11 nitrogen and oxygen atoms in total. The van der Waals surface area contributed by atoms with Crippen LogP contribution in [0.1, 0.15) is 39.7 Å². The highest BCUT2D eigenvalue weighted by Gasteiger charge is 2.26. The lowest BCUT2D eigenvalue weighted by atomic mass is 9.78. The molecule has 0 fully saturated rings. The van der Waals surface area contributed by atoms with E-state index < -0.39 is 0 Å². The Morgan fingerprint density at radius 1 is 0.958 bits per heavy atom. The molecule has 1 aliphatic carbocycles. The second-order valence-electron chi connectivity index (χ2n) is 12.8. The summed E-state index contributed by atoms with van der Waals surface area (Å²) in [6.07, 6.45) is 9.17. The van der Waals surface area contributed by atoms with Crippen molar-refractivity contribution in [2.24, 2.45) is 11.3 Å². The third-order valence-corrected chi connectivity index (χ3v) is 7.97. The van der Waals surface area contributed by atoms with Crippen LogP contribution in [-0.2, 0) is 20.7 Å². The van der Waals surface area contributed by atoms with Crippen molar-refractivity contribution in [2.45, 2.75) is 40.5 Å². The van der Waals surface area contributed by atoms with E-state index in [-0.39, 0.29) is 24.0 Å². The van der Waals surface area contributed by atoms with Gasteiger partial charge >= 0.3 is 6.03 Å². The monoisotopic (exact) mass is 652 g/mol. The molecule has 252 valence electrons. The van der Waals surface area contributed by atoms with Crippen LogP contribution >= 0.6 is 0 Å². The molecule has 2 aromatic carbocycles. The van der Waals surface area contributed by atoms with Gasteiger partial charge in [-0.05, 0) is 59.2 Å². The molecule has 0 bridgehead atoms. The fourth-order valence-corrected chi connectivity index (χ4v) is 5.57. The molecule has 1 atom stereocenters. The molecule has 1 aliphatic rings. The van der Waals surface area contributed by atoms with Gasteiger partial charge < -0.3 is 24.8 Å². The lowest BCUT2D eigenvalue weighted by Gasteiger charge is -2.30. The predicted molar refractivity (Wildman–Crippen MR) is 189 cm³/mol. The molecule has 11 heteroatoms. The van der Waals surface area contributed by atoms with Gasteiger partial charge in [-0.2, -0.15) is 5.10 Å². The second-order valence-corrected chi connectivity index (χ2v) is 12.8. The van der Waals surface area contributed by atoms with E-state index in [1.807, 2.05) is 48.5 Å². The maximum atomic E-state index is 13.3. The number of aromatic nitrogens is 3. The van der Waals surface area contributed by atoms with Crippen molar-refractivity contribution >= 4 is 45.7 Å². The van der Waals surface area contributed by atoms with E-state index in [4.69, 9.17) is 14.2 Å².